The van der Waals surface area contributed by atoms with Crippen molar-refractivity contribution in [3.8, 4) is 5.88 Å². The third-order valence-corrected chi connectivity index (χ3v) is 6.24. The molecule has 0 N–H and O–H groups in total. The number of ether oxygens (including phenoxy) is 1. The van der Waals surface area contributed by atoms with Crippen LogP contribution in [0.2, 0.25) is 0 Å². The Morgan fingerprint density at radius 2 is 1.86 bits per heavy atom. The summed E-state index contributed by atoms with van der Waals surface area (Å²) in [6.45, 7) is 2.65. The standard InChI is InChI=1S/C24H21BrN2O2/c1-15-21-22(17-10-12-18(25)13-11-17)23-19(28)8-5-9-20(23)29-24(21)27(26-15)14-16-6-3-2-4-7-16/h2-4,6-7,10-13,22H,5,8-9,14H2,1H3/t22-/m0/s1. The molecule has 0 bridgehead atoms. The molecule has 0 fully saturated rings. The van der Waals surface area contributed by atoms with Crippen LogP contribution in [-0.2, 0) is 11.3 Å². The molecule has 0 unspecified atom stereocenters. The van der Waals surface area contributed by atoms with E-state index in [1.165, 1.54) is 5.56 Å². The number of aryl methyl sites for hydroxylation is 1. The lowest BCUT2D eigenvalue weighted by atomic mass is 9.77. The molecule has 5 heteroatoms. The van der Waals surface area contributed by atoms with Gasteiger partial charge >= 0.3 is 0 Å². The maximum Gasteiger partial charge on any atom is 0.222 e. The van der Waals surface area contributed by atoms with E-state index in [2.05, 4.69) is 40.2 Å². The summed E-state index contributed by atoms with van der Waals surface area (Å²) in [7, 11) is 0. The van der Waals surface area contributed by atoms with Crippen LogP contribution in [0.15, 0.2) is 70.4 Å². The molecule has 3 aromatic rings. The molecule has 146 valence electrons. The van der Waals surface area contributed by atoms with Crippen molar-refractivity contribution in [2.45, 2.75) is 38.6 Å². The van der Waals surface area contributed by atoms with Gasteiger partial charge in [0.15, 0.2) is 5.78 Å². The van der Waals surface area contributed by atoms with Crippen molar-refractivity contribution in [1.82, 2.24) is 9.78 Å². The van der Waals surface area contributed by atoms with Crippen LogP contribution in [0.25, 0.3) is 0 Å². The molecule has 0 spiro atoms. The number of aromatic nitrogens is 2. The second kappa shape index (κ2) is 7.30. The predicted molar refractivity (Wildman–Crippen MR) is 115 cm³/mol. The Kier molecular flexibility index (Phi) is 4.63. The molecule has 1 aromatic heterocycles. The van der Waals surface area contributed by atoms with Gasteiger partial charge in [0, 0.05) is 34.4 Å². The van der Waals surface area contributed by atoms with Gasteiger partial charge in [0.2, 0.25) is 5.88 Å². The van der Waals surface area contributed by atoms with Gasteiger partial charge in [-0.1, -0.05) is 58.4 Å². The maximum atomic E-state index is 12.9. The van der Waals surface area contributed by atoms with E-state index in [0.717, 1.165) is 51.3 Å². The average molecular weight is 449 g/mol. The maximum absolute atomic E-state index is 12.9. The van der Waals surface area contributed by atoms with Gasteiger partial charge in [-0.25, -0.2) is 4.68 Å². The Bertz CT molecular complexity index is 1110. The van der Waals surface area contributed by atoms with E-state index in [1.807, 2.05) is 41.9 Å². The molecule has 0 radical (unpaired) electrons. The fourth-order valence-corrected chi connectivity index (χ4v) is 4.65. The van der Waals surface area contributed by atoms with Crippen LogP contribution in [0.4, 0.5) is 0 Å². The van der Waals surface area contributed by atoms with Crippen molar-refractivity contribution in [2.24, 2.45) is 0 Å². The number of benzene rings is 2. The molecule has 0 saturated carbocycles. The number of fused-ring (bicyclic) bond motifs is 1. The zero-order valence-electron chi connectivity index (χ0n) is 16.2. The number of halogens is 1. The lowest BCUT2D eigenvalue weighted by Gasteiger charge is -2.31. The fourth-order valence-electron chi connectivity index (χ4n) is 4.39. The van der Waals surface area contributed by atoms with Crippen LogP contribution in [0, 0.1) is 6.92 Å². The predicted octanol–water partition coefficient (Wildman–Crippen LogP) is 5.53. The summed E-state index contributed by atoms with van der Waals surface area (Å²) in [5, 5.41) is 4.81. The summed E-state index contributed by atoms with van der Waals surface area (Å²) in [4.78, 5) is 12.9. The highest BCUT2D eigenvalue weighted by molar-refractivity contribution is 9.10. The second-order valence-electron chi connectivity index (χ2n) is 7.65. The number of Topliss-reactive ketones (excluding diaryl/α,β-unsaturated/α-hetero) is 1. The Labute approximate surface area is 178 Å². The third kappa shape index (κ3) is 3.23. The summed E-state index contributed by atoms with van der Waals surface area (Å²) in [6.07, 6.45) is 2.22. The van der Waals surface area contributed by atoms with Crippen LogP contribution in [-0.4, -0.2) is 15.6 Å². The van der Waals surface area contributed by atoms with Gasteiger partial charge in [0.05, 0.1) is 12.2 Å². The minimum atomic E-state index is -0.126. The fraction of sp³-hybridized carbons (Fsp3) is 0.250. The molecule has 1 atom stereocenters. The highest BCUT2D eigenvalue weighted by Gasteiger charge is 2.40. The SMILES string of the molecule is Cc1nn(Cc2ccccc2)c2c1[C@H](c1ccc(Br)cc1)C1=C(CCCC1=O)O2. The Morgan fingerprint density at radius 3 is 2.62 bits per heavy atom. The van der Waals surface area contributed by atoms with E-state index < -0.39 is 0 Å². The van der Waals surface area contributed by atoms with Crippen molar-refractivity contribution in [2.75, 3.05) is 0 Å². The smallest absolute Gasteiger partial charge is 0.222 e. The Morgan fingerprint density at radius 1 is 1.10 bits per heavy atom. The molecule has 0 saturated heterocycles. The van der Waals surface area contributed by atoms with Crippen molar-refractivity contribution < 1.29 is 9.53 Å². The van der Waals surface area contributed by atoms with Gasteiger partial charge in [-0.2, -0.15) is 5.10 Å². The molecule has 2 aromatic carbocycles. The number of hydrogen-bond donors (Lipinski definition) is 0. The molecule has 0 amide bonds. The highest BCUT2D eigenvalue weighted by Crippen LogP contribution is 2.48. The zero-order chi connectivity index (χ0) is 20.0. The van der Waals surface area contributed by atoms with Gasteiger partial charge in [-0.05, 0) is 36.6 Å². The van der Waals surface area contributed by atoms with Gasteiger partial charge in [-0.15, -0.1) is 0 Å². The summed E-state index contributed by atoms with van der Waals surface area (Å²) < 4.78 is 9.32. The number of rotatable bonds is 3. The van der Waals surface area contributed by atoms with Crippen LogP contribution in [0.1, 0.15) is 47.6 Å². The summed E-state index contributed by atoms with van der Waals surface area (Å²) >= 11 is 3.52. The molecule has 1 aliphatic heterocycles. The van der Waals surface area contributed by atoms with Crippen LogP contribution in [0.3, 0.4) is 0 Å². The van der Waals surface area contributed by atoms with E-state index >= 15 is 0 Å². The normalized spacial score (nSPS) is 18.3. The number of ketones is 1. The second-order valence-corrected chi connectivity index (χ2v) is 8.56. The first-order valence-corrected chi connectivity index (χ1v) is 10.7. The molecule has 2 aliphatic rings. The van der Waals surface area contributed by atoms with E-state index in [0.29, 0.717) is 13.0 Å². The van der Waals surface area contributed by atoms with Gasteiger partial charge in [-0.3, -0.25) is 4.79 Å². The zero-order valence-corrected chi connectivity index (χ0v) is 17.8. The van der Waals surface area contributed by atoms with E-state index in [4.69, 9.17) is 9.84 Å². The number of allylic oxidation sites excluding steroid dienone is 2. The van der Waals surface area contributed by atoms with E-state index in [-0.39, 0.29) is 11.7 Å². The topological polar surface area (TPSA) is 44.1 Å². The van der Waals surface area contributed by atoms with Crippen molar-refractivity contribution >= 4 is 21.7 Å². The first-order valence-electron chi connectivity index (χ1n) is 9.92. The number of nitrogens with zero attached hydrogens (tertiary/aromatic N) is 2. The summed E-state index contributed by atoms with van der Waals surface area (Å²) in [6, 6.07) is 18.5. The average Bonchev–Trinajstić information content (AvgIpc) is 3.03. The molecule has 2 heterocycles. The van der Waals surface area contributed by atoms with Gasteiger partial charge < -0.3 is 4.74 Å². The quantitative estimate of drug-likeness (QED) is 0.528. The van der Waals surface area contributed by atoms with Gasteiger partial charge in [0.25, 0.3) is 0 Å². The molecule has 5 rings (SSSR count). The largest absolute Gasteiger partial charge is 0.443 e. The van der Waals surface area contributed by atoms with Crippen molar-refractivity contribution in [3.63, 3.8) is 0 Å². The van der Waals surface area contributed by atoms with Crippen LogP contribution >= 0.6 is 15.9 Å². The number of hydrogen-bond acceptors (Lipinski definition) is 3. The van der Waals surface area contributed by atoms with Crippen molar-refractivity contribution in [1.29, 1.82) is 0 Å². The van der Waals surface area contributed by atoms with Gasteiger partial charge in [0.1, 0.15) is 5.76 Å². The molecular weight excluding hydrogens is 428 g/mol. The van der Waals surface area contributed by atoms with E-state index in [1.54, 1.807) is 0 Å². The molecule has 4 nitrogen and oxygen atoms in total. The molecule has 29 heavy (non-hydrogen) atoms. The molecular formula is C24H21BrN2O2. The first-order chi connectivity index (χ1) is 14.1. The third-order valence-electron chi connectivity index (χ3n) is 5.71. The van der Waals surface area contributed by atoms with E-state index in [9.17, 15) is 4.79 Å². The first kappa shape index (κ1) is 18.4. The Hall–Kier alpha value is -2.66. The minimum absolute atomic E-state index is 0.126. The lowest BCUT2D eigenvalue weighted by molar-refractivity contribution is -0.116. The van der Waals surface area contributed by atoms with Crippen LogP contribution in [0.5, 0.6) is 5.88 Å². The summed E-state index contributed by atoms with van der Waals surface area (Å²) in [5.74, 6) is 1.66. The Balaban J connectivity index is 1.66. The minimum Gasteiger partial charge on any atom is -0.443 e. The highest BCUT2D eigenvalue weighted by atomic mass is 79.9. The number of carbonyl (C=O) groups is 1. The summed E-state index contributed by atoms with van der Waals surface area (Å²) in [5.41, 5.74) is 5.00. The number of carbonyl (C=O) groups excluding carboxylic acids is 1. The monoisotopic (exact) mass is 448 g/mol. The van der Waals surface area contributed by atoms with Crippen molar-refractivity contribution in [3.05, 3.63) is 92.8 Å². The lowest BCUT2D eigenvalue weighted by Crippen LogP contribution is -2.26. The van der Waals surface area contributed by atoms with Crippen LogP contribution < -0.4 is 4.74 Å². The molecule has 1 aliphatic carbocycles.